The highest BCUT2D eigenvalue weighted by atomic mass is 32.2. The van der Waals surface area contributed by atoms with E-state index in [1.54, 1.807) is 0 Å². The van der Waals surface area contributed by atoms with Crippen LogP contribution in [0.5, 0.6) is 0 Å². The zero-order valence-electron chi connectivity index (χ0n) is 19.1. The number of carboxylic acid groups (broad SMARTS) is 1. The summed E-state index contributed by atoms with van der Waals surface area (Å²) in [6.07, 6.45) is -1.25. The van der Waals surface area contributed by atoms with Gasteiger partial charge in [0.25, 0.3) is 5.69 Å². The minimum Gasteiger partial charge on any atom is -0.481 e. The average Bonchev–Trinajstić information content (AvgIpc) is 3.12. The second kappa shape index (κ2) is 12.0. The van der Waals surface area contributed by atoms with Gasteiger partial charge in [-0.15, -0.1) is 0 Å². The van der Waals surface area contributed by atoms with Crippen LogP contribution in [0.25, 0.3) is 0 Å². The smallest absolute Gasteiger partial charge is 0.315 e. The number of ether oxygens (including phenoxy) is 4. The summed E-state index contributed by atoms with van der Waals surface area (Å²) in [6, 6.07) is 4.27. The Morgan fingerprint density at radius 3 is 2.35 bits per heavy atom. The number of hydrogen-bond acceptors (Lipinski definition) is 10. The molecule has 0 saturated heterocycles. The molecule has 1 aliphatic rings. The first-order valence-electron chi connectivity index (χ1n) is 10.3. The van der Waals surface area contributed by atoms with Crippen LogP contribution in [0.1, 0.15) is 12.8 Å². The minimum atomic E-state index is -4.15. The summed E-state index contributed by atoms with van der Waals surface area (Å²) in [5.41, 5.74) is -2.10. The van der Waals surface area contributed by atoms with E-state index in [2.05, 4.69) is 4.72 Å². The molecule has 0 spiro atoms. The van der Waals surface area contributed by atoms with Crippen molar-refractivity contribution in [2.24, 2.45) is 17.3 Å². The minimum absolute atomic E-state index is 0.184. The molecular weight excluding hydrogens is 476 g/mol. The van der Waals surface area contributed by atoms with Gasteiger partial charge in [-0.1, -0.05) is 0 Å². The van der Waals surface area contributed by atoms with Crippen molar-refractivity contribution in [3.63, 3.8) is 0 Å². The molecule has 4 atom stereocenters. The van der Waals surface area contributed by atoms with Crippen molar-refractivity contribution in [2.45, 2.75) is 30.1 Å². The largest absolute Gasteiger partial charge is 0.481 e. The van der Waals surface area contributed by atoms with E-state index in [1.165, 1.54) is 21.3 Å². The van der Waals surface area contributed by atoms with Crippen molar-refractivity contribution >= 4 is 21.7 Å². The Bertz CT molecular complexity index is 936. The van der Waals surface area contributed by atoms with Gasteiger partial charge >= 0.3 is 5.97 Å². The third-order valence-electron chi connectivity index (χ3n) is 6.24. The number of sulfonamides is 1. The van der Waals surface area contributed by atoms with Gasteiger partial charge in [0, 0.05) is 46.4 Å². The van der Waals surface area contributed by atoms with Crippen LogP contribution >= 0.6 is 0 Å². The molecule has 0 amide bonds. The van der Waals surface area contributed by atoms with Crippen molar-refractivity contribution in [1.29, 1.82) is 0 Å². The third-order valence-corrected chi connectivity index (χ3v) is 7.68. The summed E-state index contributed by atoms with van der Waals surface area (Å²) >= 11 is 0. The van der Waals surface area contributed by atoms with Gasteiger partial charge in [0.05, 0.1) is 22.5 Å². The number of methoxy groups -OCH3 is 3. The summed E-state index contributed by atoms with van der Waals surface area (Å²) in [4.78, 5) is 22.4. The molecule has 1 aromatic carbocycles. The van der Waals surface area contributed by atoms with Crippen molar-refractivity contribution < 1.29 is 47.3 Å². The van der Waals surface area contributed by atoms with Gasteiger partial charge in [0.15, 0.2) is 6.29 Å². The number of aliphatic carboxylic acids is 1. The third kappa shape index (κ3) is 5.89. The number of hydrogen-bond donors (Lipinski definition) is 3. The number of non-ortho nitro benzene ring substituents is 1. The molecule has 1 aliphatic carbocycles. The lowest BCUT2D eigenvalue weighted by Gasteiger charge is -2.35. The first-order chi connectivity index (χ1) is 16.1. The van der Waals surface area contributed by atoms with E-state index in [9.17, 15) is 33.5 Å². The van der Waals surface area contributed by atoms with Crippen LogP contribution in [0.3, 0.4) is 0 Å². The zero-order valence-corrected chi connectivity index (χ0v) is 19.9. The molecule has 14 heteroatoms. The maximum absolute atomic E-state index is 12.8. The molecule has 0 radical (unpaired) electrons. The zero-order chi connectivity index (χ0) is 25.5. The Balaban J connectivity index is 2.37. The van der Waals surface area contributed by atoms with Gasteiger partial charge in [-0.25, -0.2) is 13.1 Å². The monoisotopic (exact) mass is 506 g/mol. The molecule has 2 rings (SSSR count). The van der Waals surface area contributed by atoms with E-state index in [-0.39, 0.29) is 36.8 Å². The molecule has 0 unspecified atom stereocenters. The number of aliphatic hydroxyl groups excluding tert-OH is 1. The highest BCUT2D eigenvalue weighted by molar-refractivity contribution is 7.89. The first-order valence-corrected chi connectivity index (χ1v) is 11.8. The number of nitro benzene ring substituents is 1. The molecule has 1 fully saturated rings. The lowest BCUT2D eigenvalue weighted by molar-refractivity contribution is -0.384. The van der Waals surface area contributed by atoms with Crippen molar-refractivity contribution in [3.05, 3.63) is 34.4 Å². The molecule has 1 aromatic rings. The van der Waals surface area contributed by atoms with Gasteiger partial charge in [0.1, 0.15) is 12.2 Å². The van der Waals surface area contributed by atoms with Gasteiger partial charge in [-0.2, -0.15) is 0 Å². The van der Waals surface area contributed by atoms with Gasteiger partial charge in [-0.05, 0) is 30.4 Å². The average molecular weight is 507 g/mol. The number of aliphatic hydroxyl groups is 1. The number of nitrogens with zero attached hydrogens (tertiary/aromatic N) is 1. The molecule has 13 nitrogen and oxygen atoms in total. The van der Waals surface area contributed by atoms with Crippen LogP contribution in [-0.2, 0) is 33.8 Å². The molecule has 1 saturated carbocycles. The van der Waals surface area contributed by atoms with Crippen LogP contribution in [0, 0.1) is 27.4 Å². The molecule has 0 heterocycles. The summed E-state index contributed by atoms with van der Waals surface area (Å²) < 4.78 is 49.1. The van der Waals surface area contributed by atoms with E-state index in [0.717, 1.165) is 24.3 Å². The van der Waals surface area contributed by atoms with Crippen LogP contribution < -0.4 is 4.72 Å². The number of carboxylic acids is 1. The second-order valence-electron chi connectivity index (χ2n) is 7.91. The Kier molecular flexibility index (Phi) is 9.87. The SMILES string of the molecule is COCO[C@H]1C[C@@H](CC(OC)OC)[C@@H](CNS(=O)(=O)c2ccc([N+](=O)[O-])cc2)[C@@]1(CO)C(=O)O. The van der Waals surface area contributed by atoms with Crippen LogP contribution in [0.15, 0.2) is 29.2 Å². The number of carbonyl (C=O) groups is 1. The van der Waals surface area contributed by atoms with Crippen LogP contribution in [0.4, 0.5) is 5.69 Å². The predicted octanol–water partition coefficient (Wildman–Crippen LogP) is 0.571. The summed E-state index contributed by atoms with van der Waals surface area (Å²) in [5, 5.41) is 31.2. The van der Waals surface area contributed by atoms with Gasteiger partial charge in [0.2, 0.25) is 10.0 Å². The molecule has 0 bridgehead atoms. The quantitative estimate of drug-likeness (QED) is 0.182. The predicted molar refractivity (Wildman–Crippen MR) is 116 cm³/mol. The Labute approximate surface area is 197 Å². The summed E-state index contributed by atoms with van der Waals surface area (Å²) in [5.74, 6) is -2.71. The fraction of sp³-hybridized carbons (Fsp3) is 0.650. The molecule has 0 aromatic heterocycles. The lowest BCUT2D eigenvalue weighted by Crippen LogP contribution is -2.51. The number of benzene rings is 1. The van der Waals surface area contributed by atoms with E-state index < -0.39 is 57.2 Å². The highest BCUT2D eigenvalue weighted by Crippen LogP contribution is 2.50. The van der Waals surface area contributed by atoms with E-state index >= 15 is 0 Å². The van der Waals surface area contributed by atoms with Crippen molar-refractivity contribution in [3.8, 4) is 0 Å². The van der Waals surface area contributed by atoms with Gasteiger partial charge < -0.3 is 29.2 Å². The fourth-order valence-corrected chi connectivity index (χ4v) is 5.49. The molecule has 0 aliphatic heterocycles. The Morgan fingerprint density at radius 1 is 1.26 bits per heavy atom. The molecule has 34 heavy (non-hydrogen) atoms. The molecule has 192 valence electrons. The van der Waals surface area contributed by atoms with Crippen molar-refractivity contribution in [1.82, 2.24) is 4.72 Å². The maximum Gasteiger partial charge on any atom is 0.315 e. The highest BCUT2D eigenvalue weighted by Gasteiger charge is 2.60. The Hall–Kier alpha value is -2.20. The van der Waals surface area contributed by atoms with Gasteiger partial charge in [-0.3, -0.25) is 14.9 Å². The van der Waals surface area contributed by atoms with E-state index in [0.29, 0.717) is 0 Å². The Morgan fingerprint density at radius 2 is 1.88 bits per heavy atom. The molecular formula is C20H30N2O11S. The topological polar surface area (TPSA) is 184 Å². The van der Waals surface area contributed by atoms with E-state index in [4.69, 9.17) is 18.9 Å². The lowest BCUT2D eigenvalue weighted by atomic mass is 9.74. The second-order valence-corrected chi connectivity index (χ2v) is 9.67. The van der Waals surface area contributed by atoms with Crippen molar-refractivity contribution in [2.75, 3.05) is 41.3 Å². The van der Waals surface area contributed by atoms with Crippen LogP contribution in [-0.4, -0.2) is 83.2 Å². The fourth-order valence-electron chi connectivity index (χ4n) is 4.43. The maximum atomic E-state index is 12.8. The number of nitrogens with one attached hydrogen (secondary N) is 1. The number of nitro groups is 1. The normalized spacial score (nSPS) is 25.0. The first kappa shape index (κ1) is 28.0. The van der Waals surface area contributed by atoms with E-state index in [1.807, 2.05) is 0 Å². The standard InChI is InChI=1S/C20H30N2O11S/c1-30-12-33-17-8-13(9-18(31-2)32-3)16(20(17,11-23)19(24)25)10-21-34(28,29)15-6-4-14(5-7-15)22(26)27/h4-7,13,16-18,21,23H,8-12H2,1-3H3,(H,24,25)/t13-,16+,17-,20+/m0/s1. The summed E-state index contributed by atoms with van der Waals surface area (Å²) in [6.45, 7) is -1.36. The number of rotatable bonds is 14. The van der Waals surface area contributed by atoms with Crippen LogP contribution in [0.2, 0.25) is 0 Å². The molecule has 3 N–H and O–H groups in total. The summed E-state index contributed by atoms with van der Waals surface area (Å²) in [7, 11) is 0.0665.